The zero-order valence-electron chi connectivity index (χ0n) is 18.0. The third-order valence-electron chi connectivity index (χ3n) is 4.71. The molecule has 0 aliphatic carbocycles. The highest BCUT2D eigenvalue weighted by molar-refractivity contribution is 7.17. The number of aromatic nitrogens is 1. The molecule has 0 bridgehead atoms. The maximum atomic E-state index is 12.8. The molecule has 0 radical (unpaired) electrons. The van der Waals surface area contributed by atoms with Crippen molar-refractivity contribution in [3.8, 4) is 0 Å². The van der Waals surface area contributed by atoms with Gasteiger partial charge in [0.15, 0.2) is 5.13 Å². The lowest BCUT2D eigenvalue weighted by atomic mass is 10.1. The number of anilines is 2. The Bertz CT molecular complexity index is 1140. The van der Waals surface area contributed by atoms with Crippen LogP contribution >= 0.6 is 11.3 Å². The van der Waals surface area contributed by atoms with Gasteiger partial charge in [-0.3, -0.25) is 14.9 Å². The molecule has 0 saturated carbocycles. The monoisotopic (exact) mass is 437 g/mol. The lowest BCUT2D eigenvalue weighted by Crippen LogP contribution is -2.13. The fraction of sp³-hybridized carbons (Fsp3) is 0.217. The highest BCUT2D eigenvalue weighted by atomic mass is 32.1. The molecule has 7 nitrogen and oxygen atoms in total. The summed E-state index contributed by atoms with van der Waals surface area (Å²) in [4.78, 5) is 41.6. The first-order chi connectivity index (χ1) is 14.7. The molecule has 0 fully saturated rings. The van der Waals surface area contributed by atoms with Crippen LogP contribution in [-0.2, 0) is 4.74 Å². The number of methoxy groups -OCH3 is 1. The second-order valence-corrected chi connectivity index (χ2v) is 8.18. The number of rotatable bonds is 5. The van der Waals surface area contributed by atoms with Crippen molar-refractivity contribution in [2.75, 3.05) is 17.7 Å². The van der Waals surface area contributed by atoms with Crippen LogP contribution in [0, 0.1) is 27.7 Å². The van der Waals surface area contributed by atoms with Gasteiger partial charge in [0.05, 0.1) is 18.4 Å². The van der Waals surface area contributed by atoms with Crippen LogP contribution in [0.3, 0.4) is 0 Å². The van der Waals surface area contributed by atoms with Gasteiger partial charge in [0.25, 0.3) is 11.8 Å². The van der Waals surface area contributed by atoms with E-state index >= 15 is 0 Å². The number of carbonyl (C=O) groups excluding carboxylic acids is 3. The molecule has 0 unspecified atom stereocenters. The Kier molecular flexibility index (Phi) is 6.50. The molecule has 2 aromatic carbocycles. The van der Waals surface area contributed by atoms with Gasteiger partial charge >= 0.3 is 5.97 Å². The van der Waals surface area contributed by atoms with E-state index in [1.807, 2.05) is 32.9 Å². The number of ether oxygens (including phenoxy) is 1. The molecule has 0 aliphatic rings. The molecule has 2 amide bonds. The Morgan fingerprint density at radius 1 is 0.871 bits per heavy atom. The van der Waals surface area contributed by atoms with E-state index in [1.165, 1.54) is 31.4 Å². The molecule has 0 spiro atoms. The van der Waals surface area contributed by atoms with Crippen molar-refractivity contribution in [2.45, 2.75) is 27.7 Å². The Labute approximate surface area is 184 Å². The Morgan fingerprint density at radius 3 is 2.03 bits per heavy atom. The van der Waals surface area contributed by atoms with Crippen molar-refractivity contribution in [2.24, 2.45) is 0 Å². The molecular formula is C23H23N3O4S. The van der Waals surface area contributed by atoms with Gasteiger partial charge in [0.1, 0.15) is 4.88 Å². The topological polar surface area (TPSA) is 97.4 Å². The molecular weight excluding hydrogens is 414 g/mol. The first-order valence-electron chi connectivity index (χ1n) is 9.56. The van der Waals surface area contributed by atoms with E-state index in [-0.39, 0.29) is 11.8 Å². The quantitative estimate of drug-likeness (QED) is 0.566. The number of amides is 2. The number of hydrogen-bond donors (Lipinski definition) is 2. The van der Waals surface area contributed by atoms with Crippen molar-refractivity contribution in [3.63, 3.8) is 0 Å². The Balaban J connectivity index is 1.74. The van der Waals surface area contributed by atoms with Gasteiger partial charge in [0.2, 0.25) is 0 Å². The third kappa shape index (κ3) is 4.97. The second-order valence-electron chi connectivity index (χ2n) is 7.18. The molecule has 0 atom stereocenters. The van der Waals surface area contributed by atoms with Crippen molar-refractivity contribution in [1.82, 2.24) is 4.98 Å². The van der Waals surface area contributed by atoms with Crippen molar-refractivity contribution in [1.29, 1.82) is 0 Å². The summed E-state index contributed by atoms with van der Waals surface area (Å²) in [7, 11) is 1.29. The predicted octanol–water partition coefficient (Wildman–Crippen LogP) is 4.67. The smallest absolute Gasteiger partial charge is 0.337 e. The molecule has 2 N–H and O–H groups in total. The normalized spacial score (nSPS) is 10.5. The van der Waals surface area contributed by atoms with Crippen LogP contribution in [0.25, 0.3) is 0 Å². The first-order valence-corrected chi connectivity index (χ1v) is 10.4. The fourth-order valence-corrected chi connectivity index (χ4v) is 4.11. The van der Waals surface area contributed by atoms with Crippen LogP contribution < -0.4 is 10.6 Å². The zero-order valence-corrected chi connectivity index (χ0v) is 18.8. The van der Waals surface area contributed by atoms with Crippen LogP contribution in [0.5, 0.6) is 0 Å². The molecule has 1 heterocycles. The summed E-state index contributed by atoms with van der Waals surface area (Å²) in [6.45, 7) is 7.64. The molecule has 3 aromatic rings. The van der Waals surface area contributed by atoms with E-state index < -0.39 is 5.97 Å². The van der Waals surface area contributed by atoms with Crippen LogP contribution in [-0.4, -0.2) is 29.9 Å². The number of nitrogens with zero attached hydrogens (tertiary/aromatic N) is 1. The largest absolute Gasteiger partial charge is 0.465 e. The summed E-state index contributed by atoms with van der Waals surface area (Å²) in [5.41, 5.74) is 5.11. The average molecular weight is 438 g/mol. The van der Waals surface area contributed by atoms with Gasteiger partial charge in [-0.1, -0.05) is 29.0 Å². The SMILES string of the molecule is COC(=O)c1ccc(C(=O)Nc2nc(C)c(C(=O)Nc3c(C)cc(C)cc3C)s2)cc1. The minimum Gasteiger partial charge on any atom is -0.465 e. The molecule has 0 aliphatic heterocycles. The van der Waals surface area contributed by atoms with Crippen molar-refractivity contribution >= 4 is 39.9 Å². The summed E-state index contributed by atoms with van der Waals surface area (Å²) in [6, 6.07) is 10.1. The van der Waals surface area contributed by atoms with Gasteiger partial charge < -0.3 is 10.1 Å². The Morgan fingerprint density at radius 2 is 1.45 bits per heavy atom. The van der Waals surface area contributed by atoms with E-state index in [0.29, 0.717) is 26.8 Å². The molecule has 1 aromatic heterocycles. The number of thiazole rings is 1. The number of benzene rings is 2. The number of nitrogens with one attached hydrogen (secondary N) is 2. The molecule has 3 rings (SSSR count). The average Bonchev–Trinajstić information content (AvgIpc) is 3.10. The summed E-state index contributed by atoms with van der Waals surface area (Å²) in [6.07, 6.45) is 0. The summed E-state index contributed by atoms with van der Waals surface area (Å²) < 4.78 is 4.65. The van der Waals surface area contributed by atoms with Gasteiger partial charge in [-0.25, -0.2) is 9.78 Å². The molecule has 0 saturated heterocycles. The standard InChI is InChI=1S/C23H23N3O4S/c1-12-10-13(2)18(14(3)11-12)25-21(28)19-15(4)24-23(31-19)26-20(27)16-6-8-17(9-7-16)22(29)30-5/h6-11H,1-5H3,(H,25,28)(H,24,26,27). The third-order valence-corrected chi connectivity index (χ3v) is 5.78. The maximum absolute atomic E-state index is 12.8. The van der Waals surface area contributed by atoms with E-state index in [1.54, 1.807) is 6.92 Å². The number of carbonyl (C=O) groups is 3. The summed E-state index contributed by atoms with van der Waals surface area (Å²) >= 11 is 1.11. The van der Waals surface area contributed by atoms with E-state index in [9.17, 15) is 14.4 Å². The Hall–Kier alpha value is -3.52. The lowest BCUT2D eigenvalue weighted by molar-refractivity contribution is 0.0600. The predicted molar refractivity (Wildman–Crippen MR) is 121 cm³/mol. The highest BCUT2D eigenvalue weighted by Gasteiger charge is 2.19. The van der Waals surface area contributed by atoms with E-state index in [0.717, 1.165) is 33.7 Å². The maximum Gasteiger partial charge on any atom is 0.337 e. The second kappa shape index (κ2) is 9.09. The number of esters is 1. The number of hydrogen-bond acceptors (Lipinski definition) is 6. The number of aryl methyl sites for hydroxylation is 4. The van der Waals surface area contributed by atoms with Crippen LogP contribution in [0.4, 0.5) is 10.8 Å². The van der Waals surface area contributed by atoms with Crippen LogP contribution in [0.2, 0.25) is 0 Å². The minimum absolute atomic E-state index is 0.270. The van der Waals surface area contributed by atoms with Gasteiger partial charge in [-0.2, -0.15) is 0 Å². The highest BCUT2D eigenvalue weighted by Crippen LogP contribution is 2.27. The lowest BCUT2D eigenvalue weighted by Gasteiger charge is -2.12. The summed E-state index contributed by atoms with van der Waals surface area (Å²) in [5, 5.41) is 5.98. The summed E-state index contributed by atoms with van der Waals surface area (Å²) in [5.74, 6) is -1.13. The zero-order chi connectivity index (χ0) is 22.7. The van der Waals surface area contributed by atoms with Crippen molar-refractivity contribution < 1.29 is 19.1 Å². The fourth-order valence-electron chi connectivity index (χ4n) is 3.25. The molecule has 31 heavy (non-hydrogen) atoms. The van der Waals surface area contributed by atoms with Gasteiger partial charge in [-0.05, 0) is 63.1 Å². The molecule has 8 heteroatoms. The van der Waals surface area contributed by atoms with E-state index in [4.69, 9.17) is 0 Å². The first kappa shape index (κ1) is 22.2. The van der Waals surface area contributed by atoms with E-state index in [2.05, 4.69) is 20.4 Å². The molecule has 160 valence electrons. The van der Waals surface area contributed by atoms with Crippen molar-refractivity contribution in [3.05, 3.63) is 74.8 Å². The van der Waals surface area contributed by atoms with Gasteiger partial charge in [0, 0.05) is 11.3 Å². The minimum atomic E-state index is -0.475. The van der Waals surface area contributed by atoms with Gasteiger partial charge in [-0.15, -0.1) is 0 Å². The van der Waals surface area contributed by atoms with Crippen LogP contribution in [0.15, 0.2) is 36.4 Å². The van der Waals surface area contributed by atoms with Crippen LogP contribution in [0.1, 0.15) is 52.8 Å².